The molecule has 4 unspecified atom stereocenters. The Hall–Kier alpha value is -0.660. The first-order chi connectivity index (χ1) is 12.4. The Morgan fingerprint density at radius 3 is 2.50 bits per heavy atom. The number of hydrogen-bond acceptors (Lipinski definition) is 5. The van der Waals surface area contributed by atoms with Crippen LogP contribution in [0, 0.1) is 11.8 Å². The van der Waals surface area contributed by atoms with Gasteiger partial charge in [-0.2, -0.15) is 0 Å². The van der Waals surface area contributed by atoms with Crippen LogP contribution in [0.2, 0.25) is 0 Å². The van der Waals surface area contributed by atoms with E-state index >= 15 is 0 Å². The van der Waals surface area contributed by atoms with Crippen molar-refractivity contribution in [1.82, 2.24) is 0 Å². The van der Waals surface area contributed by atoms with Gasteiger partial charge in [-0.1, -0.05) is 26.2 Å². The van der Waals surface area contributed by atoms with Crippen molar-refractivity contribution < 1.29 is 27.8 Å². The van der Waals surface area contributed by atoms with Gasteiger partial charge in [-0.15, -0.1) is 0 Å². The van der Waals surface area contributed by atoms with Crippen LogP contribution >= 0.6 is 0 Å². The van der Waals surface area contributed by atoms with Gasteiger partial charge in [-0.25, -0.2) is 8.42 Å². The summed E-state index contributed by atoms with van der Waals surface area (Å²) in [4.78, 5) is 10.5. The number of aliphatic carboxylic acids is 1. The fraction of sp³-hybridized carbons (Fsp3) is 0.947. The first-order valence-corrected chi connectivity index (χ1v) is 11.9. The van der Waals surface area contributed by atoms with Crippen molar-refractivity contribution in [1.29, 1.82) is 0 Å². The lowest BCUT2D eigenvalue weighted by atomic mass is 9.81. The number of rotatable bonds is 14. The highest BCUT2D eigenvalue weighted by atomic mass is 32.2. The lowest BCUT2D eigenvalue weighted by Gasteiger charge is -2.27. The molecule has 2 aliphatic heterocycles. The quantitative estimate of drug-likeness (QED) is 0.459. The van der Waals surface area contributed by atoms with Gasteiger partial charge >= 0.3 is 5.97 Å². The zero-order chi connectivity index (χ0) is 19.0. The van der Waals surface area contributed by atoms with E-state index in [0.717, 1.165) is 38.5 Å². The molecule has 0 saturated carbocycles. The van der Waals surface area contributed by atoms with E-state index in [0.29, 0.717) is 26.1 Å². The minimum atomic E-state index is -3.05. The van der Waals surface area contributed by atoms with Crippen LogP contribution in [0.1, 0.15) is 64.7 Å². The van der Waals surface area contributed by atoms with Gasteiger partial charge in [0.1, 0.15) is 0 Å². The van der Waals surface area contributed by atoms with Gasteiger partial charge in [0.15, 0.2) is 9.84 Å². The fourth-order valence-electron chi connectivity index (χ4n) is 4.16. The molecule has 4 atom stereocenters. The van der Waals surface area contributed by atoms with Crippen LogP contribution in [0.25, 0.3) is 0 Å². The summed E-state index contributed by atoms with van der Waals surface area (Å²) in [5.74, 6) is -0.0879. The summed E-state index contributed by atoms with van der Waals surface area (Å²) in [5.41, 5.74) is 0. The number of carboxylic acid groups (broad SMARTS) is 1. The molecule has 2 heterocycles. The predicted molar refractivity (Wildman–Crippen MR) is 100.0 cm³/mol. The van der Waals surface area contributed by atoms with E-state index in [9.17, 15) is 13.2 Å². The first-order valence-electron chi connectivity index (χ1n) is 10.1. The van der Waals surface area contributed by atoms with Gasteiger partial charge in [0.2, 0.25) is 0 Å². The van der Waals surface area contributed by atoms with E-state index in [1.165, 1.54) is 0 Å². The molecule has 2 saturated heterocycles. The number of carbonyl (C=O) groups is 1. The molecule has 0 spiro atoms. The lowest BCUT2D eigenvalue weighted by molar-refractivity contribution is -0.137. The van der Waals surface area contributed by atoms with Crippen LogP contribution in [0.15, 0.2) is 0 Å². The van der Waals surface area contributed by atoms with Gasteiger partial charge < -0.3 is 14.6 Å². The van der Waals surface area contributed by atoms with E-state index in [2.05, 4.69) is 6.92 Å². The van der Waals surface area contributed by atoms with Crippen LogP contribution in [0.3, 0.4) is 0 Å². The zero-order valence-electron chi connectivity index (χ0n) is 15.9. The number of ether oxygens (including phenoxy) is 2. The normalized spacial score (nSPS) is 27.9. The molecule has 7 heteroatoms. The molecule has 0 radical (unpaired) electrons. The molecule has 0 amide bonds. The summed E-state index contributed by atoms with van der Waals surface area (Å²) in [5, 5.41) is 8.63. The number of unbranched alkanes of at least 4 members (excludes halogenated alkanes) is 4. The average Bonchev–Trinajstić information content (AvgIpc) is 3.16. The van der Waals surface area contributed by atoms with Gasteiger partial charge in [-0.05, 0) is 32.1 Å². The van der Waals surface area contributed by atoms with Crippen molar-refractivity contribution in [2.75, 3.05) is 24.7 Å². The maximum atomic E-state index is 12.5. The summed E-state index contributed by atoms with van der Waals surface area (Å²) >= 11 is 0. The maximum Gasteiger partial charge on any atom is 0.303 e. The minimum absolute atomic E-state index is 0.0453. The Morgan fingerprint density at radius 1 is 1.08 bits per heavy atom. The predicted octanol–water partition coefficient (Wildman–Crippen LogP) is 3.05. The molecule has 1 N–H and O–H groups in total. The maximum absolute atomic E-state index is 12.5. The molecule has 0 aromatic rings. The smallest absolute Gasteiger partial charge is 0.303 e. The standard InChI is InChI=1S/C19H34O6S/c1-2-3-4-7-12-26(22,23)14-16-15(17-9-10-18(16)25-17)13-24-11-6-5-8-19(20)21/h15-18H,2-14H2,1H3,(H,20,21). The number of sulfone groups is 1. The Bertz CT molecular complexity index is 532. The molecule has 0 aromatic carbocycles. The van der Waals surface area contributed by atoms with Crippen LogP contribution in [-0.4, -0.2) is 56.4 Å². The highest BCUT2D eigenvalue weighted by Crippen LogP contribution is 2.44. The SMILES string of the molecule is CCCCCCS(=O)(=O)CC1C2CCC(O2)C1COCCCCC(=O)O. The summed E-state index contributed by atoms with van der Waals surface area (Å²) in [6.07, 6.45) is 7.54. The van der Waals surface area contributed by atoms with Gasteiger partial charge in [0.25, 0.3) is 0 Å². The average molecular weight is 391 g/mol. The van der Waals surface area contributed by atoms with Crippen molar-refractivity contribution in [3.05, 3.63) is 0 Å². The van der Waals surface area contributed by atoms with Crippen LogP contribution < -0.4 is 0 Å². The molecular formula is C19H34O6S. The molecular weight excluding hydrogens is 356 g/mol. The second-order valence-electron chi connectivity index (χ2n) is 7.72. The van der Waals surface area contributed by atoms with Crippen molar-refractivity contribution in [3.63, 3.8) is 0 Å². The zero-order valence-corrected chi connectivity index (χ0v) is 16.7. The third-order valence-electron chi connectivity index (χ3n) is 5.59. The second kappa shape index (κ2) is 10.6. The first kappa shape index (κ1) is 21.6. The van der Waals surface area contributed by atoms with E-state index < -0.39 is 15.8 Å². The van der Waals surface area contributed by atoms with Crippen molar-refractivity contribution >= 4 is 15.8 Å². The molecule has 2 bridgehead atoms. The van der Waals surface area contributed by atoms with Gasteiger partial charge in [0, 0.05) is 24.9 Å². The van der Waals surface area contributed by atoms with E-state index in [-0.39, 0.29) is 42.0 Å². The van der Waals surface area contributed by atoms with Gasteiger partial charge in [0.05, 0.1) is 30.3 Å². The minimum Gasteiger partial charge on any atom is -0.481 e. The Balaban J connectivity index is 1.75. The van der Waals surface area contributed by atoms with E-state index in [4.69, 9.17) is 14.6 Å². The molecule has 2 rings (SSSR count). The van der Waals surface area contributed by atoms with Crippen LogP contribution in [0.5, 0.6) is 0 Å². The monoisotopic (exact) mass is 390 g/mol. The summed E-state index contributed by atoms with van der Waals surface area (Å²) in [6.45, 7) is 3.16. The molecule has 0 aliphatic carbocycles. The summed E-state index contributed by atoms with van der Waals surface area (Å²) in [7, 11) is -3.05. The van der Waals surface area contributed by atoms with Crippen molar-refractivity contribution in [3.8, 4) is 0 Å². The topological polar surface area (TPSA) is 89.9 Å². The van der Waals surface area contributed by atoms with E-state index in [1.807, 2.05) is 0 Å². The molecule has 152 valence electrons. The van der Waals surface area contributed by atoms with Crippen molar-refractivity contribution in [2.45, 2.75) is 76.9 Å². The highest BCUT2D eigenvalue weighted by molar-refractivity contribution is 7.91. The molecule has 2 fully saturated rings. The summed E-state index contributed by atoms with van der Waals surface area (Å²) < 4.78 is 36.7. The lowest BCUT2D eigenvalue weighted by Crippen LogP contribution is -2.36. The molecule has 26 heavy (non-hydrogen) atoms. The van der Waals surface area contributed by atoms with E-state index in [1.54, 1.807) is 0 Å². The fourth-order valence-corrected chi connectivity index (χ4v) is 6.02. The molecule has 6 nitrogen and oxygen atoms in total. The highest BCUT2D eigenvalue weighted by Gasteiger charge is 2.50. The Kier molecular flexibility index (Phi) is 8.84. The van der Waals surface area contributed by atoms with Gasteiger partial charge in [-0.3, -0.25) is 4.79 Å². The molecule has 0 aromatic heterocycles. The molecule has 2 aliphatic rings. The number of hydrogen-bond donors (Lipinski definition) is 1. The Labute approximate surface area is 157 Å². The third-order valence-corrected chi connectivity index (χ3v) is 7.39. The number of fused-ring (bicyclic) bond motifs is 2. The second-order valence-corrected chi connectivity index (χ2v) is 9.95. The van der Waals surface area contributed by atoms with Crippen LogP contribution in [0.4, 0.5) is 0 Å². The third kappa shape index (κ3) is 6.82. The van der Waals surface area contributed by atoms with Crippen molar-refractivity contribution in [2.24, 2.45) is 11.8 Å². The largest absolute Gasteiger partial charge is 0.481 e. The Morgan fingerprint density at radius 2 is 1.81 bits per heavy atom. The number of carboxylic acids is 1. The summed E-state index contributed by atoms with van der Waals surface area (Å²) in [6, 6.07) is 0. The van der Waals surface area contributed by atoms with Crippen LogP contribution in [-0.2, 0) is 24.1 Å².